The lowest BCUT2D eigenvalue weighted by Gasteiger charge is -2.06. The van der Waals surface area contributed by atoms with Gasteiger partial charge in [0, 0.05) is 5.39 Å². The first kappa shape index (κ1) is 7.86. The molecule has 1 nitrogen and oxygen atoms in total. The maximum atomic E-state index is 9.93. The molecule has 0 radical (unpaired) electrons. The fourth-order valence-corrected chi connectivity index (χ4v) is 2.47. The van der Waals surface area contributed by atoms with Crippen molar-refractivity contribution in [3.63, 3.8) is 0 Å². The van der Waals surface area contributed by atoms with Crippen molar-refractivity contribution < 1.29 is 5.11 Å². The average molecular weight is 184 g/mol. The van der Waals surface area contributed by atoms with E-state index in [0.29, 0.717) is 5.75 Å². The molecule has 0 bridgehead atoms. The van der Waals surface area contributed by atoms with Crippen LogP contribution < -0.4 is 0 Å². The van der Waals surface area contributed by atoms with Gasteiger partial charge in [-0.15, -0.1) is 0 Å². The van der Waals surface area contributed by atoms with Crippen LogP contribution in [0.2, 0.25) is 0 Å². The molecular weight excluding hydrogens is 172 g/mol. The van der Waals surface area contributed by atoms with Crippen LogP contribution in [0.5, 0.6) is 5.75 Å². The molecule has 1 aliphatic carbocycles. The summed E-state index contributed by atoms with van der Waals surface area (Å²) in [4.78, 5) is 0. The number of hydrogen-bond donors (Lipinski definition) is 1. The molecule has 0 saturated carbocycles. The predicted octanol–water partition coefficient (Wildman–Crippen LogP) is 2.95. The number of phenols is 1. The molecule has 1 N–H and O–H groups in total. The Bertz CT molecular complexity index is 526. The van der Waals surface area contributed by atoms with E-state index >= 15 is 0 Å². The summed E-state index contributed by atoms with van der Waals surface area (Å²) < 4.78 is 0. The zero-order valence-corrected chi connectivity index (χ0v) is 8.17. The van der Waals surface area contributed by atoms with Crippen molar-refractivity contribution in [3.05, 3.63) is 41.0 Å². The molecule has 0 aliphatic heterocycles. The van der Waals surface area contributed by atoms with Gasteiger partial charge in [-0.2, -0.15) is 0 Å². The second-order valence-electron chi connectivity index (χ2n) is 4.04. The van der Waals surface area contributed by atoms with Crippen LogP contribution in [0.3, 0.4) is 0 Å². The van der Waals surface area contributed by atoms with Gasteiger partial charge in [0.1, 0.15) is 5.75 Å². The molecule has 1 heteroatoms. The van der Waals surface area contributed by atoms with Crippen LogP contribution in [0.4, 0.5) is 0 Å². The van der Waals surface area contributed by atoms with Crippen LogP contribution in [0.1, 0.15) is 16.7 Å². The van der Waals surface area contributed by atoms with Gasteiger partial charge in [-0.25, -0.2) is 0 Å². The Hall–Kier alpha value is -1.50. The molecule has 2 aromatic carbocycles. The van der Waals surface area contributed by atoms with E-state index in [4.69, 9.17) is 0 Å². The van der Waals surface area contributed by atoms with Crippen LogP contribution in [-0.2, 0) is 12.8 Å². The molecule has 0 amide bonds. The van der Waals surface area contributed by atoms with Gasteiger partial charge in [0.25, 0.3) is 0 Å². The Kier molecular flexibility index (Phi) is 1.41. The molecule has 0 fully saturated rings. The van der Waals surface area contributed by atoms with Crippen molar-refractivity contribution in [1.82, 2.24) is 0 Å². The molecule has 0 saturated heterocycles. The maximum Gasteiger partial charge on any atom is 0.126 e. The Morgan fingerprint density at radius 1 is 1.14 bits per heavy atom. The largest absolute Gasteiger partial charge is 0.507 e. The Labute approximate surface area is 83.0 Å². The summed E-state index contributed by atoms with van der Waals surface area (Å²) in [6, 6.07) is 8.32. The Morgan fingerprint density at radius 3 is 2.79 bits per heavy atom. The Balaban J connectivity index is 2.57. The second kappa shape index (κ2) is 2.50. The predicted molar refractivity (Wildman–Crippen MR) is 57.8 cm³/mol. The van der Waals surface area contributed by atoms with Gasteiger partial charge in [0.15, 0.2) is 0 Å². The number of aromatic hydroxyl groups is 1. The van der Waals surface area contributed by atoms with E-state index in [-0.39, 0.29) is 0 Å². The lowest BCUT2D eigenvalue weighted by atomic mass is 10.0. The minimum atomic E-state index is 0.451. The summed E-state index contributed by atoms with van der Waals surface area (Å²) >= 11 is 0. The number of phenolic OH excluding ortho intramolecular Hbond substituents is 1. The van der Waals surface area contributed by atoms with Crippen LogP contribution >= 0.6 is 0 Å². The van der Waals surface area contributed by atoms with Gasteiger partial charge >= 0.3 is 0 Å². The topological polar surface area (TPSA) is 20.2 Å². The van der Waals surface area contributed by atoms with Gasteiger partial charge in [-0.3, -0.25) is 0 Å². The van der Waals surface area contributed by atoms with Gasteiger partial charge in [0.05, 0.1) is 0 Å². The molecule has 0 atom stereocenters. The third-order valence-corrected chi connectivity index (χ3v) is 3.15. The molecule has 3 rings (SSSR count). The van der Waals surface area contributed by atoms with Crippen molar-refractivity contribution in [2.24, 2.45) is 0 Å². The van der Waals surface area contributed by atoms with Crippen LogP contribution in [-0.4, -0.2) is 5.11 Å². The standard InChI is InChI=1S/C13H12O/c1-8-7-10-6-5-9-3-2-4-11(12(9)10)13(8)14/h2-4,7,14H,5-6H2,1H3. The maximum absolute atomic E-state index is 9.93. The number of aryl methyl sites for hydroxylation is 3. The Morgan fingerprint density at radius 2 is 1.93 bits per heavy atom. The summed E-state index contributed by atoms with van der Waals surface area (Å²) in [6.07, 6.45) is 2.24. The minimum Gasteiger partial charge on any atom is -0.507 e. The molecule has 1 aliphatic rings. The number of benzene rings is 2. The van der Waals surface area contributed by atoms with E-state index in [1.54, 1.807) is 0 Å². The third-order valence-electron chi connectivity index (χ3n) is 3.15. The van der Waals surface area contributed by atoms with Gasteiger partial charge < -0.3 is 5.11 Å². The minimum absolute atomic E-state index is 0.451. The zero-order valence-electron chi connectivity index (χ0n) is 8.17. The third kappa shape index (κ3) is 0.844. The molecule has 0 aromatic heterocycles. The molecule has 0 unspecified atom stereocenters. The number of hydrogen-bond acceptors (Lipinski definition) is 1. The highest BCUT2D eigenvalue weighted by Gasteiger charge is 2.16. The lowest BCUT2D eigenvalue weighted by molar-refractivity contribution is 0.477. The van der Waals surface area contributed by atoms with Crippen molar-refractivity contribution >= 4 is 10.8 Å². The summed E-state index contributed by atoms with van der Waals surface area (Å²) in [6.45, 7) is 1.97. The van der Waals surface area contributed by atoms with Crippen LogP contribution in [0.25, 0.3) is 10.8 Å². The van der Waals surface area contributed by atoms with E-state index in [9.17, 15) is 5.11 Å². The van der Waals surface area contributed by atoms with Gasteiger partial charge in [-0.1, -0.05) is 24.3 Å². The number of rotatable bonds is 0. The smallest absolute Gasteiger partial charge is 0.126 e. The van der Waals surface area contributed by atoms with Crippen molar-refractivity contribution in [3.8, 4) is 5.75 Å². The first-order chi connectivity index (χ1) is 6.77. The highest BCUT2D eigenvalue weighted by Crippen LogP contribution is 2.37. The van der Waals surface area contributed by atoms with Crippen LogP contribution in [0, 0.1) is 6.92 Å². The highest BCUT2D eigenvalue weighted by atomic mass is 16.3. The van der Waals surface area contributed by atoms with Crippen molar-refractivity contribution in [2.75, 3.05) is 0 Å². The normalized spacial score (nSPS) is 13.8. The van der Waals surface area contributed by atoms with E-state index in [2.05, 4.69) is 12.1 Å². The average Bonchev–Trinajstić information content (AvgIpc) is 2.59. The lowest BCUT2D eigenvalue weighted by Crippen LogP contribution is -1.83. The molecule has 0 heterocycles. The molecule has 0 spiro atoms. The monoisotopic (exact) mass is 184 g/mol. The fraction of sp³-hybridized carbons (Fsp3) is 0.231. The SMILES string of the molecule is Cc1cc2c3c(cccc3c1O)CC2. The summed E-state index contributed by atoms with van der Waals surface area (Å²) in [5.74, 6) is 0.451. The van der Waals surface area contributed by atoms with Crippen molar-refractivity contribution in [1.29, 1.82) is 0 Å². The van der Waals surface area contributed by atoms with Gasteiger partial charge in [-0.05, 0) is 41.8 Å². The first-order valence-corrected chi connectivity index (χ1v) is 5.00. The van der Waals surface area contributed by atoms with Gasteiger partial charge in [0.2, 0.25) is 0 Å². The quantitative estimate of drug-likeness (QED) is 0.667. The first-order valence-electron chi connectivity index (χ1n) is 5.00. The molecule has 2 aromatic rings. The molecule has 70 valence electrons. The van der Waals surface area contributed by atoms with E-state index in [1.807, 2.05) is 19.1 Å². The summed E-state index contributed by atoms with van der Waals surface area (Å²) in [5.41, 5.74) is 3.77. The molecule has 14 heavy (non-hydrogen) atoms. The van der Waals surface area contributed by atoms with Crippen molar-refractivity contribution in [2.45, 2.75) is 19.8 Å². The van der Waals surface area contributed by atoms with E-state index < -0.39 is 0 Å². The summed E-state index contributed by atoms with van der Waals surface area (Å²) in [5, 5.41) is 12.2. The highest BCUT2D eigenvalue weighted by molar-refractivity contribution is 5.95. The van der Waals surface area contributed by atoms with E-state index in [0.717, 1.165) is 23.8 Å². The van der Waals surface area contributed by atoms with Crippen LogP contribution in [0.15, 0.2) is 24.3 Å². The van der Waals surface area contributed by atoms with E-state index in [1.165, 1.54) is 16.5 Å². The molecular formula is C13H12O. The summed E-state index contributed by atoms with van der Waals surface area (Å²) in [7, 11) is 0. The second-order valence-corrected chi connectivity index (χ2v) is 4.04. The fourth-order valence-electron chi connectivity index (χ4n) is 2.47. The zero-order chi connectivity index (χ0) is 9.71.